The zero-order valence-electron chi connectivity index (χ0n) is 12.4. The van der Waals surface area contributed by atoms with E-state index in [0.29, 0.717) is 0 Å². The Bertz CT molecular complexity index is 561. The summed E-state index contributed by atoms with van der Waals surface area (Å²) in [4.78, 5) is 22.6. The van der Waals surface area contributed by atoms with Crippen LogP contribution in [-0.2, 0) is 25.2 Å². The van der Waals surface area contributed by atoms with Crippen LogP contribution in [0.3, 0.4) is 0 Å². The van der Waals surface area contributed by atoms with E-state index in [1.165, 1.54) is 0 Å². The molecule has 6 N–H and O–H groups in total. The van der Waals surface area contributed by atoms with Gasteiger partial charge in [0.2, 0.25) is 0 Å². The predicted molar refractivity (Wildman–Crippen MR) is 73.2 cm³/mol. The molecule has 2 heterocycles. The van der Waals surface area contributed by atoms with Crippen molar-refractivity contribution in [3.05, 3.63) is 23.0 Å². The Morgan fingerprint density at radius 3 is 1.56 bits per heavy atom. The van der Waals surface area contributed by atoms with Crippen LogP contribution < -0.4 is 0 Å². The van der Waals surface area contributed by atoms with Gasteiger partial charge in [-0.3, -0.25) is 0 Å². The van der Waals surface area contributed by atoms with Crippen molar-refractivity contribution in [1.29, 1.82) is 0 Å². The second-order valence-electron chi connectivity index (χ2n) is 4.86. The molecule has 2 aliphatic rings. The number of hydrogen-bond acceptors (Lipinski definition) is 12. The van der Waals surface area contributed by atoms with Crippen molar-refractivity contribution in [3.8, 4) is 0 Å². The Hall–Kier alpha value is -1.74. The summed E-state index contributed by atoms with van der Waals surface area (Å²) in [7, 11) is 0. The van der Waals surface area contributed by atoms with E-state index in [4.69, 9.17) is 16.4 Å². The van der Waals surface area contributed by atoms with Crippen LogP contribution >= 0.6 is 0 Å². The van der Waals surface area contributed by atoms with Gasteiger partial charge in [0.05, 0.1) is 0 Å². The zero-order valence-corrected chi connectivity index (χ0v) is 15.2. The molecule has 2 aliphatic heterocycles. The predicted octanol–water partition coefficient (Wildman–Crippen LogP) is -3.35. The molecule has 25 heavy (non-hydrogen) atoms. The number of cyclic esters (lactones) is 2. The molecule has 0 aromatic carbocycles. The summed E-state index contributed by atoms with van der Waals surface area (Å²) in [6.45, 7) is -1.55. The second kappa shape index (κ2) is 8.09. The first kappa shape index (κ1) is 19.6. The van der Waals surface area contributed by atoms with Crippen molar-refractivity contribution in [3.63, 3.8) is 0 Å². The Morgan fingerprint density at radius 1 is 0.880 bits per heavy atom. The van der Waals surface area contributed by atoms with E-state index in [1.807, 2.05) is 0 Å². The third kappa shape index (κ3) is 3.92. The van der Waals surface area contributed by atoms with Gasteiger partial charge in [0.15, 0.2) is 0 Å². The fraction of sp³-hybridized carbons (Fsp3) is 0.500. The molecule has 2 radical (unpaired) electrons. The van der Waals surface area contributed by atoms with Gasteiger partial charge in [-0.2, -0.15) is 0 Å². The van der Waals surface area contributed by atoms with Gasteiger partial charge in [-0.25, -0.2) is 0 Å². The SMILES string of the molecule is O=C1O[C@H]([C@@H](O)CO)C([O][Sn][O]C2=C(O)C(=O)O[C@@H]2[C@@H](O)CO)=C1O. The molecular formula is C12H14O12Sn. The van der Waals surface area contributed by atoms with Crippen molar-refractivity contribution in [2.45, 2.75) is 24.4 Å². The number of aliphatic hydroxyl groups is 6. The number of hydrogen-bond donors (Lipinski definition) is 6. The molecular weight excluding hydrogens is 455 g/mol. The van der Waals surface area contributed by atoms with Crippen molar-refractivity contribution in [2.24, 2.45) is 0 Å². The van der Waals surface area contributed by atoms with Crippen LogP contribution in [0.4, 0.5) is 0 Å². The molecule has 2 rings (SSSR count). The molecule has 0 saturated carbocycles. The number of carbonyl (C=O) groups excluding carboxylic acids is 2. The molecule has 0 spiro atoms. The fourth-order valence-electron chi connectivity index (χ4n) is 1.94. The first-order valence-corrected chi connectivity index (χ1v) is 9.09. The van der Waals surface area contributed by atoms with E-state index < -0.39 is 94.6 Å². The summed E-state index contributed by atoms with van der Waals surface area (Å²) in [5.74, 6) is -5.06. The third-order valence-electron chi connectivity index (χ3n) is 3.21. The van der Waals surface area contributed by atoms with Crippen molar-refractivity contribution in [1.82, 2.24) is 0 Å². The van der Waals surface area contributed by atoms with E-state index in [1.54, 1.807) is 0 Å². The minimum atomic E-state index is -2.50. The summed E-state index contributed by atoms with van der Waals surface area (Å²) in [6.07, 6.45) is -5.97. The van der Waals surface area contributed by atoms with Gasteiger partial charge in [-0.15, -0.1) is 0 Å². The Morgan fingerprint density at radius 2 is 1.24 bits per heavy atom. The topological polar surface area (TPSA) is 192 Å². The Labute approximate surface area is 150 Å². The molecule has 0 bridgehead atoms. The average Bonchev–Trinajstić information content (AvgIpc) is 3.05. The minimum absolute atomic E-state index is 0.456. The van der Waals surface area contributed by atoms with Gasteiger partial charge in [0, 0.05) is 0 Å². The summed E-state index contributed by atoms with van der Waals surface area (Å²) < 4.78 is 19.5. The molecule has 13 heteroatoms. The summed E-state index contributed by atoms with van der Waals surface area (Å²) in [6, 6.07) is 0. The molecule has 4 atom stereocenters. The molecule has 0 amide bonds. The van der Waals surface area contributed by atoms with Crippen molar-refractivity contribution < 1.29 is 55.9 Å². The molecule has 0 fully saturated rings. The van der Waals surface area contributed by atoms with Gasteiger partial charge in [0.1, 0.15) is 0 Å². The molecule has 12 nitrogen and oxygen atoms in total. The number of aliphatic hydroxyl groups excluding tert-OH is 6. The Balaban J connectivity index is 2.05. The van der Waals surface area contributed by atoms with E-state index in [9.17, 15) is 30.0 Å². The maximum absolute atomic E-state index is 11.3. The van der Waals surface area contributed by atoms with E-state index in [2.05, 4.69) is 9.47 Å². The standard InChI is InChI=1S/2C6H8O6.Sn/c2*7-1-2(8)5-3(9)4(10)6(11)12-5;/h2*2,5,7-10H,1H2;/q;;+2/p-2/t2*2-,5+;/m00./s1. The van der Waals surface area contributed by atoms with Gasteiger partial charge in [-0.05, 0) is 0 Å². The van der Waals surface area contributed by atoms with Crippen LogP contribution in [0.15, 0.2) is 23.0 Å². The number of rotatable bonds is 8. The first-order chi connectivity index (χ1) is 11.8. The normalized spacial score (nSPS) is 25.8. The van der Waals surface area contributed by atoms with Gasteiger partial charge >= 0.3 is 150 Å². The van der Waals surface area contributed by atoms with E-state index in [0.717, 1.165) is 0 Å². The molecule has 0 unspecified atom stereocenters. The number of ether oxygens (including phenoxy) is 2. The van der Waals surface area contributed by atoms with Crippen LogP contribution in [0.25, 0.3) is 0 Å². The number of carbonyl (C=O) groups is 2. The van der Waals surface area contributed by atoms with Gasteiger partial charge in [-0.1, -0.05) is 0 Å². The molecule has 0 saturated heterocycles. The molecule has 0 aromatic heterocycles. The van der Waals surface area contributed by atoms with Gasteiger partial charge < -0.3 is 0 Å². The van der Waals surface area contributed by atoms with Crippen molar-refractivity contribution >= 4 is 33.9 Å². The van der Waals surface area contributed by atoms with Crippen molar-refractivity contribution in [2.75, 3.05) is 13.2 Å². The summed E-state index contributed by atoms with van der Waals surface area (Å²) in [5, 5.41) is 56.1. The van der Waals surface area contributed by atoms with Crippen LogP contribution in [0.1, 0.15) is 0 Å². The van der Waals surface area contributed by atoms with E-state index >= 15 is 0 Å². The zero-order chi connectivity index (χ0) is 18.7. The average molecular weight is 469 g/mol. The Kier molecular flexibility index (Phi) is 6.34. The van der Waals surface area contributed by atoms with Gasteiger partial charge in [0.25, 0.3) is 0 Å². The fourth-order valence-corrected chi connectivity index (χ4v) is 3.79. The summed E-state index contributed by atoms with van der Waals surface area (Å²) in [5.41, 5.74) is 0. The summed E-state index contributed by atoms with van der Waals surface area (Å²) >= 11 is -2.50. The first-order valence-electron chi connectivity index (χ1n) is 6.76. The second-order valence-corrected chi connectivity index (χ2v) is 6.51. The molecule has 0 aliphatic carbocycles. The monoisotopic (exact) mass is 470 g/mol. The van der Waals surface area contributed by atoms with Crippen LogP contribution in [0.2, 0.25) is 0 Å². The third-order valence-corrected chi connectivity index (χ3v) is 4.95. The van der Waals surface area contributed by atoms with Crippen LogP contribution in [0.5, 0.6) is 0 Å². The van der Waals surface area contributed by atoms with E-state index in [-0.39, 0.29) is 0 Å². The molecule has 0 aromatic rings. The maximum atomic E-state index is 11.3. The number of esters is 2. The van der Waals surface area contributed by atoms with Crippen LogP contribution in [0, 0.1) is 0 Å². The quantitative estimate of drug-likeness (QED) is 0.153. The van der Waals surface area contributed by atoms with Crippen LogP contribution in [-0.4, -0.2) is 102 Å². The molecule has 138 valence electrons.